The number of halogens is 2. The summed E-state index contributed by atoms with van der Waals surface area (Å²) in [6.07, 6.45) is 0. The van der Waals surface area contributed by atoms with Crippen molar-refractivity contribution in [2.75, 3.05) is 11.9 Å². The normalized spacial score (nSPS) is 10.4. The van der Waals surface area contributed by atoms with E-state index in [0.29, 0.717) is 11.4 Å². The van der Waals surface area contributed by atoms with Gasteiger partial charge in [-0.2, -0.15) is 5.10 Å². The SMILES string of the molecule is O=C(Nc1ccc(F)c(Cl)c1)c1ccc(=O)n(CCOc2ccccc2)n1. The molecule has 6 nitrogen and oxygen atoms in total. The number of carbonyl (C=O) groups is 1. The zero-order valence-corrected chi connectivity index (χ0v) is 14.8. The van der Waals surface area contributed by atoms with Crippen LogP contribution in [0.3, 0.4) is 0 Å². The molecule has 0 aliphatic rings. The number of nitrogens with zero attached hydrogens (tertiary/aromatic N) is 2. The molecule has 8 heteroatoms. The minimum atomic E-state index is -0.584. The van der Waals surface area contributed by atoms with Crippen molar-refractivity contribution in [3.8, 4) is 5.75 Å². The molecule has 1 N–H and O–H groups in total. The molecule has 3 rings (SSSR count). The fraction of sp³-hybridized carbons (Fsp3) is 0.105. The van der Waals surface area contributed by atoms with E-state index in [4.69, 9.17) is 16.3 Å². The Labute approximate surface area is 159 Å². The summed E-state index contributed by atoms with van der Waals surface area (Å²) in [4.78, 5) is 24.2. The number of hydrogen-bond acceptors (Lipinski definition) is 4. The molecule has 27 heavy (non-hydrogen) atoms. The number of ether oxygens (including phenoxy) is 1. The summed E-state index contributed by atoms with van der Waals surface area (Å²) >= 11 is 5.70. The van der Waals surface area contributed by atoms with E-state index in [9.17, 15) is 14.0 Å². The maximum Gasteiger partial charge on any atom is 0.276 e. The Morgan fingerprint density at radius 3 is 2.67 bits per heavy atom. The Hall–Kier alpha value is -3.19. The number of hydrogen-bond donors (Lipinski definition) is 1. The van der Waals surface area contributed by atoms with E-state index >= 15 is 0 Å². The zero-order chi connectivity index (χ0) is 19.2. The van der Waals surface area contributed by atoms with Gasteiger partial charge in [0.1, 0.15) is 23.9 Å². The number of para-hydroxylation sites is 1. The third kappa shape index (κ3) is 4.92. The molecule has 0 fully saturated rings. The van der Waals surface area contributed by atoms with Crippen LogP contribution in [-0.2, 0) is 6.54 Å². The van der Waals surface area contributed by atoms with Gasteiger partial charge in [-0.15, -0.1) is 0 Å². The lowest BCUT2D eigenvalue weighted by molar-refractivity contribution is 0.101. The summed E-state index contributed by atoms with van der Waals surface area (Å²) in [5.41, 5.74) is 0.00107. The minimum absolute atomic E-state index is 0.0368. The summed E-state index contributed by atoms with van der Waals surface area (Å²) in [5.74, 6) is -0.456. The topological polar surface area (TPSA) is 73.2 Å². The third-order valence-corrected chi connectivity index (χ3v) is 3.88. The highest BCUT2D eigenvalue weighted by Gasteiger charge is 2.11. The average molecular weight is 388 g/mol. The fourth-order valence-electron chi connectivity index (χ4n) is 2.27. The van der Waals surface area contributed by atoms with Crippen LogP contribution >= 0.6 is 11.6 Å². The van der Waals surface area contributed by atoms with Gasteiger partial charge >= 0.3 is 0 Å². The van der Waals surface area contributed by atoms with Crippen LogP contribution in [-0.4, -0.2) is 22.3 Å². The first-order valence-electron chi connectivity index (χ1n) is 8.05. The number of carbonyl (C=O) groups excluding carboxylic acids is 1. The van der Waals surface area contributed by atoms with Crippen LogP contribution in [0.1, 0.15) is 10.5 Å². The molecule has 0 aliphatic heterocycles. The van der Waals surface area contributed by atoms with E-state index in [2.05, 4.69) is 10.4 Å². The van der Waals surface area contributed by atoms with Crippen LogP contribution < -0.4 is 15.6 Å². The number of anilines is 1. The van der Waals surface area contributed by atoms with Crippen LogP contribution in [0.2, 0.25) is 5.02 Å². The van der Waals surface area contributed by atoms with Gasteiger partial charge in [-0.1, -0.05) is 29.8 Å². The summed E-state index contributed by atoms with van der Waals surface area (Å²) < 4.78 is 19.9. The molecule has 138 valence electrons. The Morgan fingerprint density at radius 1 is 1.15 bits per heavy atom. The van der Waals surface area contributed by atoms with Crippen LogP contribution in [0.5, 0.6) is 5.75 Å². The first-order chi connectivity index (χ1) is 13.0. The summed E-state index contributed by atoms with van der Waals surface area (Å²) in [6, 6.07) is 15.5. The summed E-state index contributed by atoms with van der Waals surface area (Å²) in [7, 11) is 0. The fourth-order valence-corrected chi connectivity index (χ4v) is 2.45. The van der Waals surface area contributed by atoms with Crippen LogP contribution in [0.4, 0.5) is 10.1 Å². The van der Waals surface area contributed by atoms with E-state index in [1.165, 1.54) is 24.3 Å². The van der Waals surface area contributed by atoms with Gasteiger partial charge in [-0.05, 0) is 36.4 Å². The Morgan fingerprint density at radius 2 is 1.93 bits per heavy atom. The van der Waals surface area contributed by atoms with Crippen molar-refractivity contribution >= 4 is 23.2 Å². The Balaban J connectivity index is 1.67. The van der Waals surface area contributed by atoms with Gasteiger partial charge in [0.15, 0.2) is 0 Å². The Bertz CT molecular complexity index is 1010. The molecule has 0 saturated heterocycles. The van der Waals surface area contributed by atoms with Crippen molar-refractivity contribution < 1.29 is 13.9 Å². The molecule has 1 amide bonds. The van der Waals surface area contributed by atoms with Gasteiger partial charge in [0.25, 0.3) is 11.5 Å². The van der Waals surface area contributed by atoms with Gasteiger partial charge < -0.3 is 10.1 Å². The average Bonchev–Trinajstić information content (AvgIpc) is 2.67. The highest BCUT2D eigenvalue weighted by atomic mass is 35.5. The molecule has 2 aromatic carbocycles. The molecule has 1 aromatic heterocycles. The maximum absolute atomic E-state index is 13.2. The van der Waals surface area contributed by atoms with Crippen molar-refractivity contribution in [1.82, 2.24) is 9.78 Å². The molecular formula is C19H15ClFN3O3. The smallest absolute Gasteiger partial charge is 0.276 e. The maximum atomic E-state index is 13.2. The molecular weight excluding hydrogens is 373 g/mol. The van der Waals surface area contributed by atoms with E-state index in [1.807, 2.05) is 18.2 Å². The largest absolute Gasteiger partial charge is 0.492 e. The lowest BCUT2D eigenvalue weighted by Gasteiger charge is -2.09. The van der Waals surface area contributed by atoms with Crippen LogP contribution in [0.15, 0.2) is 65.5 Å². The quantitative estimate of drug-likeness (QED) is 0.703. The minimum Gasteiger partial charge on any atom is -0.492 e. The van der Waals surface area contributed by atoms with E-state index in [1.54, 1.807) is 12.1 Å². The van der Waals surface area contributed by atoms with Crippen LogP contribution in [0.25, 0.3) is 0 Å². The van der Waals surface area contributed by atoms with E-state index in [-0.39, 0.29) is 29.4 Å². The van der Waals surface area contributed by atoms with Gasteiger partial charge in [0.05, 0.1) is 11.6 Å². The number of benzene rings is 2. The van der Waals surface area contributed by atoms with Crippen molar-refractivity contribution in [3.63, 3.8) is 0 Å². The molecule has 0 atom stereocenters. The number of aromatic nitrogens is 2. The molecule has 0 bridgehead atoms. The van der Waals surface area contributed by atoms with E-state index in [0.717, 1.165) is 10.7 Å². The standard InChI is InChI=1S/C19H15ClFN3O3/c20-15-12-13(6-7-16(15)21)22-19(26)17-8-9-18(25)24(23-17)10-11-27-14-4-2-1-3-5-14/h1-9,12H,10-11H2,(H,22,26). The molecule has 1 heterocycles. The van der Waals surface area contributed by atoms with Crippen molar-refractivity contribution in [2.45, 2.75) is 6.54 Å². The second-order valence-corrected chi connectivity index (χ2v) is 5.93. The lowest BCUT2D eigenvalue weighted by atomic mass is 10.3. The zero-order valence-electron chi connectivity index (χ0n) is 14.1. The second-order valence-electron chi connectivity index (χ2n) is 5.52. The third-order valence-electron chi connectivity index (χ3n) is 3.59. The molecule has 0 spiro atoms. The first kappa shape index (κ1) is 18.6. The second kappa shape index (κ2) is 8.46. The van der Waals surface area contributed by atoms with Gasteiger partial charge in [0.2, 0.25) is 0 Å². The van der Waals surface area contributed by atoms with E-state index < -0.39 is 11.7 Å². The molecule has 0 saturated carbocycles. The summed E-state index contributed by atoms with van der Waals surface area (Å²) in [5, 5.41) is 6.49. The van der Waals surface area contributed by atoms with Crippen molar-refractivity contribution in [2.24, 2.45) is 0 Å². The number of rotatable bonds is 6. The predicted octanol–water partition coefficient (Wildman–Crippen LogP) is 3.37. The molecule has 0 unspecified atom stereocenters. The molecule has 3 aromatic rings. The molecule has 0 radical (unpaired) electrons. The monoisotopic (exact) mass is 387 g/mol. The van der Waals surface area contributed by atoms with Gasteiger partial charge in [0, 0.05) is 11.8 Å². The van der Waals surface area contributed by atoms with Crippen LogP contribution in [0, 0.1) is 5.82 Å². The lowest BCUT2D eigenvalue weighted by Crippen LogP contribution is -2.28. The number of nitrogens with one attached hydrogen (secondary N) is 1. The number of amides is 1. The highest BCUT2D eigenvalue weighted by Crippen LogP contribution is 2.19. The van der Waals surface area contributed by atoms with Gasteiger partial charge in [-0.25, -0.2) is 9.07 Å². The summed E-state index contributed by atoms with van der Waals surface area (Å²) in [6.45, 7) is 0.396. The molecule has 0 aliphatic carbocycles. The van der Waals surface area contributed by atoms with Gasteiger partial charge in [-0.3, -0.25) is 9.59 Å². The Kier molecular flexibility index (Phi) is 5.83. The first-order valence-corrected chi connectivity index (χ1v) is 8.43. The highest BCUT2D eigenvalue weighted by molar-refractivity contribution is 6.31. The van der Waals surface area contributed by atoms with Crippen molar-refractivity contribution in [3.05, 3.63) is 87.6 Å². The van der Waals surface area contributed by atoms with Crippen molar-refractivity contribution in [1.29, 1.82) is 0 Å². The predicted molar refractivity (Wildman–Crippen MR) is 99.8 cm³/mol.